The minimum absolute atomic E-state index is 0.145. The van der Waals surface area contributed by atoms with Crippen LogP contribution in [0, 0.1) is 5.92 Å². The summed E-state index contributed by atoms with van der Waals surface area (Å²) in [6.45, 7) is 8.04. The maximum Gasteiger partial charge on any atom is 0.248 e. The summed E-state index contributed by atoms with van der Waals surface area (Å²) in [5.74, 6) is 0.896. The number of carbonyl (C=O) groups is 1. The van der Waals surface area contributed by atoms with E-state index in [2.05, 4.69) is 13.8 Å². The van der Waals surface area contributed by atoms with Gasteiger partial charge in [0.1, 0.15) is 6.61 Å². The minimum Gasteiger partial charge on any atom is -0.372 e. The first-order chi connectivity index (χ1) is 6.65. The van der Waals surface area contributed by atoms with E-state index in [0.29, 0.717) is 12.6 Å². The lowest BCUT2D eigenvalue weighted by Gasteiger charge is -2.36. The van der Waals surface area contributed by atoms with Gasteiger partial charge in [0.05, 0.1) is 0 Å². The molecule has 2 atom stereocenters. The first-order valence-electron chi connectivity index (χ1n) is 5.52. The Morgan fingerprint density at radius 3 is 2.79 bits per heavy atom. The number of hydrogen-bond acceptors (Lipinski definition) is 2. The molecule has 0 aromatic rings. The summed E-state index contributed by atoms with van der Waals surface area (Å²) in [4.78, 5) is 13.6. The maximum atomic E-state index is 11.7. The predicted octanol–water partition coefficient (Wildman–Crippen LogP) is 1.67. The first kappa shape index (κ1) is 11.5. The molecule has 82 valence electrons. The van der Waals surface area contributed by atoms with Crippen LogP contribution in [-0.2, 0) is 9.53 Å². The Hall–Kier alpha value is -0.570. The Bertz CT molecular complexity index is 194. The van der Waals surface area contributed by atoms with Gasteiger partial charge < -0.3 is 9.64 Å². The van der Waals surface area contributed by atoms with Crippen molar-refractivity contribution >= 4 is 5.91 Å². The Kier molecular flexibility index (Phi) is 4.39. The number of nitrogens with zero attached hydrogens (tertiary/aromatic N) is 1. The molecule has 0 aromatic heterocycles. The molecule has 3 heteroatoms. The molecule has 0 aliphatic carbocycles. The lowest BCUT2D eigenvalue weighted by Crippen LogP contribution is -2.45. The lowest BCUT2D eigenvalue weighted by atomic mass is 9.93. The van der Waals surface area contributed by atoms with Gasteiger partial charge in [-0.3, -0.25) is 4.79 Å². The lowest BCUT2D eigenvalue weighted by molar-refractivity contribution is -0.139. The van der Waals surface area contributed by atoms with E-state index in [4.69, 9.17) is 4.74 Å². The molecule has 1 heterocycles. The smallest absolute Gasteiger partial charge is 0.248 e. The molecule has 3 nitrogen and oxygen atoms in total. The molecule has 0 spiro atoms. The maximum absolute atomic E-state index is 11.7. The molecule has 2 unspecified atom stereocenters. The predicted molar refractivity (Wildman–Crippen MR) is 56.1 cm³/mol. The molecule has 0 saturated carbocycles. The van der Waals surface area contributed by atoms with Gasteiger partial charge in [0.15, 0.2) is 0 Å². The molecular formula is C11H21NO2. The number of hydrogen-bond donors (Lipinski definition) is 0. The molecule has 0 aromatic carbocycles. The third-order valence-electron chi connectivity index (χ3n) is 2.89. The molecule has 1 rings (SSSR count). The van der Waals surface area contributed by atoms with Gasteiger partial charge in [0, 0.05) is 19.2 Å². The molecule has 1 fully saturated rings. The molecule has 0 radical (unpaired) electrons. The Morgan fingerprint density at radius 1 is 1.50 bits per heavy atom. The second kappa shape index (κ2) is 5.35. The van der Waals surface area contributed by atoms with Gasteiger partial charge in [-0.05, 0) is 32.6 Å². The van der Waals surface area contributed by atoms with E-state index < -0.39 is 0 Å². The third kappa shape index (κ3) is 2.98. The zero-order valence-corrected chi connectivity index (χ0v) is 9.45. The Labute approximate surface area is 86.4 Å². The van der Waals surface area contributed by atoms with Crippen molar-refractivity contribution in [1.29, 1.82) is 0 Å². The molecule has 1 amide bonds. The third-order valence-corrected chi connectivity index (χ3v) is 2.89. The molecular weight excluding hydrogens is 178 g/mol. The van der Waals surface area contributed by atoms with Crippen LogP contribution in [0.4, 0.5) is 0 Å². The fourth-order valence-corrected chi connectivity index (χ4v) is 2.05. The van der Waals surface area contributed by atoms with Crippen molar-refractivity contribution in [2.45, 2.75) is 39.7 Å². The summed E-state index contributed by atoms with van der Waals surface area (Å²) in [5.41, 5.74) is 0. The van der Waals surface area contributed by atoms with Gasteiger partial charge in [0.25, 0.3) is 0 Å². The largest absolute Gasteiger partial charge is 0.372 e. The fraction of sp³-hybridized carbons (Fsp3) is 0.909. The van der Waals surface area contributed by atoms with Crippen LogP contribution in [0.25, 0.3) is 0 Å². The monoisotopic (exact) mass is 199 g/mol. The van der Waals surface area contributed by atoms with Gasteiger partial charge in [-0.25, -0.2) is 0 Å². The number of carbonyl (C=O) groups excluding carboxylic acids is 1. The van der Waals surface area contributed by atoms with Gasteiger partial charge in [-0.15, -0.1) is 0 Å². The zero-order chi connectivity index (χ0) is 10.6. The van der Waals surface area contributed by atoms with Crippen LogP contribution in [0.3, 0.4) is 0 Å². The van der Waals surface area contributed by atoms with Gasteiger partial charge in [-0.1, -0.05) is 6.92 Å². The summed E-state index contributed by atoms with van der Waals surface area (Å²) in [6.07, 6.45) is 2.25. The highest BCUT2D eigenvalue weighted by Gasteiger charge is 2.26. The fourth-order valence-electron chi connectivity index (χ4n) is 2.05. The van der Waals surface area contributed by atoms with Crippen LogP contribution in [0.2, 0.25) is 0 Å². The highest BCUT2D eigenvalue weighted by atomic mass is 16.5. The van der Waals surface area contributed by atoms with Crippen LogP contribution in [0.5, 0.6) is 0 Å². The first-order valence-corrected chi connectivity index (χ1v) is 5.52. The summed E-state index contributed by atoms with van der Waals surface area (Å²) in [7, 11) is 0. The number of likely N-dealkylation sites (tertiary alicyclic amines) is 1. The standard InChI is InChI=1S/C11H21NO2/c1-4-14-8-11(13)12-6-5-9(2)7-10(12)3/h9-10H,4-8H2,1-3H3. The van der Waals surface area contributed by atoms with E-state index in [1.54, 1.807) is 0 Å². The Balaban J connectivity index is 2.39. The number of piperidine rings is 1. The summed E-state index contributed by atoms with van der Waals surface area (Å²) < 4.78 is 5.13. The van der Waals surface area contributed by atoms with E-state index in [9.17, 15) is 4.79 Å². The van der Waals surface area contributed by atoms with E-state index in [1.165, 1.54) is 0 Å². The van der Waals surface area contributed by atoms with Crippen LogP contribution in [0.15, 0.2) is 0 Å². The normalized spacial score (nSPS) is 27.8. The van der Waals surface area contributed by atoms with Crippen LogP contribution < -0.4 is 0 Å². The van der Waals surface area contributed by atoms with Crippen LogP contribution in [-0.4, -0.2) is 36.6 Å². The summed E-state index contributed by atoms with van der Waals surface area (Å²) >= 11 is 0. The highest BCUT2D eigenvalue weighted by molar-refractivity contribution is 5.77. The van der Waals surface area contributed by atoms with Crippen molar-refractivity contribution in [3.63, 3.8) is 0 Å². The molecule has 1 aliphatic rings. The highest BCUT2D eigenvalue weighted by Crippen LogP contribution is 2.21. The van der Waals surface area contributed by atoms with Crippen molar-refractivity contribution in [2.75, 3.05) is 19.8 Å². The SMILES string of the molecule is CCOCC(=O)N1CCC(C)CC1C. The van der Waals surface area contributed by atoms with Crippen molar-refractivity contribution in [2.24, 2.45) is 5.92 Å². The molecule has 1 saturated heterocycles. The van der Waals surface area contributed by atoms with Crippen LogP contribution >= 0.6 is 0 Å². The van der Waals surface area contributed by atoms with E-state index >= 15 is 0 Å². The average Bonchev–Trinajstić information content (AvgIpc) is 2.14. The van der Waals surface area contributed by atoms with Crippen molar-refractivity contribution in [3.05, 3.63) is 0 Å². The summed E-state index contributed by atoms with van der Waals surface area (Å²) in [6, 6.07) is 0.381. The molecule has 0 bridgehead atoms. The quantitative estimate of drug-likeness (QED) is 0.692. The van der Waals surface area contributed by atoms with Gasteiger partial charge in [0.2, 0.25) is 5.91 Å². The summed E-state index contributed by atoms with van der Waals surface area (Å²) in [5, 5.41) is 0. The molecule has 0 N–H and O–H groups in total. The molecule has 1 aliphatic heterocycles. The Morgan fingerprint density at radius 2 is 2.21 bits per heavy atom. The van der Waals surface area contributed by atoms with Gasteiger partial charge >= 0.3 is 0 Å². The number of amides is 1. The van der Waals surface area contributed by atoms with Gasteiger partial charge in [-0.2, -0.15) is 0 Å². The topological polar surface area (TPSA) is 29.5 Å². The van der Waals surface area contributed by atoms with Crippen molar-refractivity contribution in [1.82, 2.24) is 4.90 Å². The minimum atomic E-state index is 0.145. The van der Waals surface area contributed by atoms with E-state index in [1.807, 2.05) is 11.8 Å². The molecule has 14 heavy (non-hydrogen) atoms. The number of rotatable bonds is 3. The average molecular weight is 199 g/mol. The second-order valence-electron chi connectivity index (χ2n) is 4.20. The van der Waals surface area contributed by atoms with Crippen molar-refractivity contribution < 1.29 is 9.53 Å². The van der Waals surface area contributed by atoms with E-state index in [-0.39, 0.29) is 12.5 Å². The van der Waals surface area contributed by atoms with E-state index in [0.717, 1.165) is 25.3 Å². The second-order valence-corrected chi connectivity index (χ2v) is 4.20. The number of ether oxygens (including phenoxy) is 1. The zero-order valence-electron chi connectivity index (χ0n) is 9.45. The van der Waals surface area contributed by atoms with Crippen molar-refractivity contribution in [3.8, 4) is 0 Å². The van der Waals surface area contributed by atoms with Crippen LogP contribution in [0.1, 0.15) is 33.6 Å².